The molecular weight excluding hydrogens is 379 g/mol. The molecule has 0 aliphatic rings. The molecule has 130 valence electrons. The van der Waals surface area contributed by atoms with Crippen molar-refractivity contribution in [2.75, 3.05) is 6.61 Å². The van der Waals surface area contributed by atoms with Gasteiger partial charge in [-0.1, -0.05) is 30.3 Å². The fourth-order valence-corrected chi connectivity index (χ4v) is 6.08. The molecule has 2 unspecified atom stereocenters. The minimum Gasteiger partial charge on any atom is -0.418 e. The van der Waals surface area contributed by atoms with Gasteiger partial charge in [0.05, 0.1) is 20.1 Å². The van der Waals surface area contributed by atoms with Gasteiger partial charge in [0, 0.05) is 12.1 Å². The van der Waals surface area contributed by atoms with Gasteiger partial charge in [0.2, 0.25) is 0 Å². The van der Waals surface area contributed by atoms with E-state index in [4.69, 9.17) is 32.1 Å². The van der Waals surface area contributed by atoms with E-state index in [-0.39, 0.29) is 16.1 Å². The van der Waals surface area contributed by atoms with Crippen LogP contribution in [0.2, 0.25) is 44.8 Å². The monoisotopic (exact) mass is 406 g/mol. The second kappa shape index (κ2) is 9.17. The van der Waals surface area contributed by atoms with E-state index in [9.17, 15) is 0 Å². The largest absolute Gasteiger partial charge is 0.418 e. The molecular formula is C16H28Cl2O2Si3. The second-order valence-electron chi connectivity index (χ2n) is 7.56. The molecule has 0 saturated carbocycles. The first-order valence-electron chi connectivity index (χ1n) is 7.89. The molecule has 7 heteroatoms. The lowest BCUT2D eigenvalue weighted by Gasteiger charge is -2.34. The van der Waals surface area contributed by atoms with E-state index in [0.717, 1.165) is 0 Å². The zero-order valence-corrected chi connectivity index (χ0v) is 19.4. The summed E-state index contributed by atoms with van der Waals surface area (Å²) in [5, 5.41) is 0. The Morgan fingerprint density at radius 3 is 1.96 bits per heavy atom. The second-order valence-corrected chi connectivity index (χ2v) is 20.0. The van der Waals surface area contributed by atoms with Crippen LogP contribution in [0.3, 0.4) is 0 Å². The van der Waals surface area contributed by atoms with Crippen LogP contribution >= 0.6 is 23.2 Å². The highest BCUT2D eigenvalue weighted by molar-refractivity contribution is 6.71. The van der Waals surface area contributed by atoms with Crippen molar-refractivity contribution < 1.29 is 8.85 Å². The summed E-state index contributed by atoms with van der Waals surface area (Å²) in [7, 11) is -2.94. The van der Waals surface area contributed by atoms with Crippen molar-refractivity contribution in [2.24, 2.45) is 0 Å². The molecule has 1 rings (SSSR count). The van der Waals surface area contributed by atoms with Crippen LogP contribution in [0, 0.1) is 0 Å². The predicted octanol–water partition coefficient (Wildman–Crippen LogP) is 5.68. The van der Waals surface area contributed by atoms with Gasteiger partial charge >= 0.3 is 0 Å². The summed E-state index contributed by atoms with van der Waals surface area (Å²) in [4.78, 5) is 0. The molecule has 0 fully saturated rings. The van der Waals surface area contributed by atoms with Crippen molar-refractivity contribution in [3.05, 3.63) is 35.9 Å². The van der Waals surface area contributed by atoms with E-state index in [1.54, 1.807) is 0 Å². The van der Waals surface area contributed by atoms with Crippen molar-refractivity contribution in [3.8, 4) is 0 Å². The first kappa shape index (κ1) is 21.4. The van der Waals surface area contributed by atoms with Crippen molar-refractivity contribution in [2.45, 2.75) is 55.4 Å². The lowest BCUT2D eigenvalue weighted by Crippen LogP contribution is -2.36. The highest BCUT2D eigenvalue weighted by atomic mass is 35.5. The van der Waals surface area contributed by atoms with Crippen LogP contribution in [-0.2, 0) is 8.85 Å². The van der Waals surface area contributed by atoms with E-state index >= 15 is 0 Å². The van der Waals surface area contributed by atoms with E-state index in [2.05, 4.69) is 51.4 Å². The molecule has 0 amide bonds. The van der Waals surface area contributed by atoms with E-state index in [1.807, 2.05) is 18.2 Å². The van der Waals surface area contributed by atoms with Gasteiger partial charge in [0.15, 0.2) is 16.6 Å². The molecule has 2 radical (unpaired) electrons. The molecule has 1 aromatic carbocycles. The van der Waals surface area contributed by atoms with Crippen LogP contribution in [0.25, 0.3) is 0 Å². The fraction of sp³-hybridized carbons (Fsp3) is 0.625. The van der Waals surface area contributed by atoms with Gasteiger partial charge in [-0.25, -0.2) is 0 Å². The van der Waals surface area contributed by atoms with Gasteiger partial charge in [-0.15, -0.1) is 23.2 Å². The van der Waals surface area contributed by atoms with Gasteiger partial charge in [-0.05, 0) is 44.8 Å². The summed E-state index contributed by atoms with van der Waals surface area (Å²) in [6.07, 6.45) is -0.0162. The average Bonchev–Trinajstić information content (AvgIpc) is 2.40. The van der Waals surface area contributed by atoms with Gasteiger partial charge in [0.1, 0.15) is 0 Å². The zero-order chi connectivity index (χ0) is 17.7. The van der Waals surface area contributed by atoms with Crippen molar-refractivity contribution in [3.63, 3.8) is 0 Å². The van der Waals surface area contributed by atoms with Crippen LogP contribution in [-0.4, -0.2) is 37.2 Å². The molecule has 0 spiro atoms. The summed E-state index contributed by atoms with van der Waals surface area (Å²) in [6.45, 7) is 13.9. The number of hydrogen-bond acceptors (Lipinski definition) is 2. The molecule has 23 heavy (non-hydrogen) atoms. The topological polar surface area (TPSA) is 18.5 Å². The Labute approximate surface area is 155 Å². The zero-order valence-electron chi connectivity index (χ0n) is 14.9. The first-order chi connectivity index (χ1) is 10.5. The summed E-state index contributed by atoms with van der Waals surface area (Å²) in [5.74, 6) is 0. The third-order valence-corrected chi connectivity index (χ3v) is 6.91. The molecule has 2 nitrogen and oxygen atoms in total. The quantitative estimate of drug-likeness (QED) is 0.387. The molecule has 2 atom stereocenters. The normalized spacial score (nSPS) is 15.7. The molecule has 0 aromatic heterocycles. The Kier molecular flexibility index (Phi) is 8.54. The van der Waals surface area contributed by atoms with Crippen molar-refractivity contribution in [1.29, 1.82) is 0 Å². The third kappa shape index (κ3) is 9.43. The number of rotatable bonds is 9. The summed E-state index contributed by atoms with van der Waals surface area (Å²) in [6, 6.07) is 10.4. The number of benzene rings is 1. The molecule has 0 aliphatic heterocycles. The Bertz CT molecular complexity index is 459. The summed E-state index contributed by atoms with van der Waals surface area (Å²) >= 11 is 12.2. The van der Waals surface area contributed by atoms with E-state index in [1.165, 1.54) is 5.56 Å². The maximum Gasteiger partial charge on any atom is 0.184 e. The average molecular weight is 408 g/mol. The minimum atomic E-state index is -1.72. The standard InChI is InChI=1S/C16H28Cl2O2Si3/c1-22(2,3)19-12-14(21-16(17)18)15(20-23(4,5)6)13-10-8-7-9-11-13/h7-11,14-16H,12H2,1-6H3. The molecule has 0 aliphatic carbocycles. The smallest absolute Gasteiger partial charge is 0.184 e. The van der Waals surface area contributed by atoms with Crippen LogP contribution in [0.5, 0.6) is 0 Å². The van der Waals surface area contributed by atoms with Crippen LogP contribution < -0.4 is 0 Å². The fourth-order valence-electron chi connectivity index (χ4n) is 2.13. The van der Waals surface area contributed by atoms with Crippen LogP contribution in [0.15, 0.2) is 30.3 Å². The van der Waals surface area contributed by atoms with Crippen LogP contribution in [0.4, 0.5) is 0 Å². The molecule has 0 bridgehead atoms. The molecule has 0 N–H and O–H groups in total. The molecule has 0 heterocycles. The highest BCUT2D eigenvalue weighted by Gasteiger charge is 2.32. The third-order valence-electron chi connectivity index (χ3n) is 3.01. The maximum atomic E-state index is 6.52. The number of halogens is 2. The maximum absolute atomic E-state index is 6.52. The van der Waals surface area contributed by atoms with E-state index < -0.39 is 16.6 Å². The van der Waals surface area contributed by atoms with Crippen molar-refractivity contribution in [1.82, 2.24) is 0 Å². The van der Waals surface area contributed by atoms with Gasteiger partial charge in [0.25, 0.3) is 0 Å². The number of hydrogen-bond donors (Lipinski definition) is 0. The van der Waals surface area contributed by atoms with Gasteiger partial charge in [-0.3, -0.25) is 0 Å². The Hall–Kier alpha value is 0.371. The summed E-state index contributed by atoms with van der Waals surface area (Å²) in [5.41, 5.74) is 1.36. The molecule has 1 aromatic rings. The van der Waals surface area contributed by atoms with Gasteiger partial charge < -0.3 is 8.85 Å². The van der Waals surface area contributed by atoms with E-state index in [0.29, 0.717) is 16.1 Å². The summed E-state index contributed by atoms with van der Waals surface area (Å²) < 4.78 is 12.3. The van der Waals surface area contributed by atoms with Crippen molar-refractivity contribution >= 4 is 49.4 Å². The minimum absolute atomic E-state index is 0.0162. The molecule has 0 saturated heterocycles. The van der Waals surface area contributed by atoms with Crippen LogP contribution in [0.1, 0.15) is 11.7 Å². The predicted molar refractivity (Wildman–Crippen MR) is 108 cm³/mol. The number of alkyl halides is 2. The van der Waals surface area contributed by atoms with Gasteiger partial charge in [-0.2, -0.15) is 0 Å². The Morgan fingerprint density at radius 1 is 0.957 bits per heavy atom. The Balaban J connectivity index is 3.04. The lowest BCUT2D eigenvalue weighted by atomic mass is 10.1. The first-order valence-corrected chi connectivity index (χ1v) is 16.7. The lowest BCUT2D eigenvalue weighted by molar-refractivity contribution is 0.155. The Morgan fingerprint density at radius 2 is 1.52 bits per heavy atom. The highest BCUT2D eigenvalue weighted by Crippen LogP contribution is 2.35. The SMILES string of the molecule is C[Si](C)(C)OCC([Si]C(Cl)Cl)C(O[Si](C)(C)C)c1ccccc1.